The fraction of sp³-hybridized carbons (Fsp3) is 0.319. The van der Waals surface area contributed by atoms with Crippen molar-refractivity contribution < 1.29 is 25.2 Å². The average molecular weight is 793 g/mol. The van der Waals surface area contributed by atoms with Gasteiger partial charge in [-0.25, -0.2) is 4.98 Å². The molecular formula is C47H50N4OPd. The number of para-hydroxylation sites is 1. The van der Waals surface area contributed by atoms with E-state index in [4.69, 9.17) is 14.8 Å². The normalized spacial score (nSPS) is 11.9. The van der Waals surface area contributed by atoms with Gasteiger partial charge in [0.2, 0.25) is 0 Å². The van der Waals surface area contributed by atoms with E-state index in [0.717, 1.165) is 51.8 Å². The van der Waals surface area contributed by atoms with Crippen LogP contribution in [0.4, 0.5) is 0 Å². The summed E-state index contributed by atoms with van der Waals surface area (Å²) in [7, 11) is 0. The second-order valence-electron chi connectivity index (χ2n) is 16.0. The van der Waals surface area contributed by atoms with Crippen LogP contribution < -0.4 is 4.74 Å². The van der Waals surface area contributed by atoms with Crippen molar-refractivity contribution in [3.8, 4) is 34.1 Å². The minimum atomic E-state index is -0.00923. The summed E-state index contributed by atoms with van der Waals surface area (Å²) < 4.78 is 11.0. The maximum atomic E-state index is 6.72. The van der Waals surface area contributed by atoms with Crippen LogP contribution in [0.25, 0.3) is 44.4 Å². The largest absolute Gasteiger partial charge is 2.00 e. The first-order valence-electron chi connectivity index (χ1n) is 18.6. The molecule has 0 spiro atoms. The van der Waals surface area contributed by atoms with E-state index in [9.17, 15) is 0 Å². The smallest absolute Gasteiger partial charge is 0.509 e. The number of hydrogen-bond acceptors (Lipinski definition) is 3. The number of aromatic nitrogens is 4. The van der Waals surface area contributed by atoms with Crippen molar-refractivity contribution >= 4 is 21.8 Å². The van der Waals surface area contributed by atoms with Gasteiger partial charge in [0.15, 0.2) is 0 Å². The number of aryl methyl sites for hydroxylation is 3. The Bertz CT molecular complexity index is 2400. The van der Waals surface area contributed by atoms with E-state index in [1.807, 2.05) is 12.3 Å². The number of benzene rings is 4. The van der Waals surface area contributed by atoms with E-state index in [-0.39, 0.29) is 31.8 Å². The summed E-state index contributed by atoms with van der Waals surface area (Å²) in [6, 6.07) is 35.1. The third-order valence-corrected chi connectivity index (χ3v) is 10.2. The average Bonchev–Trinajstić information content (AvgIpc) is 3.60. The van der Waals surface area contributed by atoms with E-state index in [1.165, 1.54) is 39.1 Å². The molecule has 5 nitrogen and oxygen atoms in total. The zero-order chi connectivity index (χ0) is 36.9. The van der Waals surface area contributed by atoms with Gasteiger partial charge in [0, 0.05) is 34.5 Å². The van der Waals surface area contributed by atoms with E-state index < -0.39 is 0 Å². The van der Waals surface area contributed by atoms with Gasteiger partial charge in [-0.15, -0.1) is 41.3 Å². The van der Waals surface area contributed by atoms with Crippen LogP contribution in [0.1, 0.15) is 94.4 Å². The minimum absolute atomic E-state index is 0. The van der Waals surface area contributed by atoms with Crippen LogP contribution >= 0.6 is 0 Å². The van der Waals surface area contributed by atoms with Crippen molar-refractivity contribution in [3.05, 3.63) is 131 Å². The molecule has 3 heterocycles. The maximum absolute atomic E-state index is 6.72. The van der Waals surface area contributed by atoms with Crippen LogP contribution in [-0.4, -0.2) is 19.3 Å². The van der Waals surface area contributed by atoms with Crippen molar-refractivity contribution in [1.82, 2.24) is 19.3 Å². The number of rotatable bonds is 9. The van der Waals surface area contributed by atoms with E-state index in [2.05, 4.69) is 163 Å². The van der Waals surface area contributed by atoms with Gasteiger partial charge in [-0.3, -0.25) is 4.68 Å². The molecular weight excluding hydrogens is 743 g/mol. The Morgan fingerprint density at radius 1 is 0.774 bits per heavy atom. The number of ether oxygens (including phenoxy) is 1. The number of fused-ring (bicyclic) bond motifs is 3. The molecule has 0 fully saturated rings. The summed E-state index contributed by atoms with van der Waals surface area (Å²) in [5.41, 5.74) is 12.6. The predicted molar refractivity (Wildman–Crippen MR) is 215 cm³/mol. The molecule has 7 aromatic rings. The molecule has 0 saturated carbocycles. The van der Waals surface area contributed by atoms with Crippen molar-refractivity contribution in [2.45, 2.75) is 93.4 Å². The van der Waals surface area contributed by atoms with Crippen LogP contribution in [0.3, 0.4) is 0 Å². The third-order valence-electron chi connectivity index (χ3n) is 10.2. The van der Waals surface area contributed by atoms with Crippen molar-refractivity contribution in [2.24, 2.45) is 5.92 Å². The Kier molecular flexibility index (Phi) is 10.9. The van der Waals surface area contributed by atoms with Gasteiger partial charge >= 0.3 is 20.4 Å². The molecule has 274 valence electrons. The van der Waals surface area contributed by atoms with Gasteiger partial charge < -0.3 is 9.30 Å². The monoisotopic (exact) mass is 792 g/mol. The van der Waals surface area contributed by atoms with Gasteiger partial charge in [-0.2, -0.15) is 11.2 Å². The molecule has 0 aliphatic rings. The Balaban J connectivity index is 0.00000481. The topological polar surface area (TPSA) is 44.9 Å². The quantitative estimate of drug-likeness (QED) is 0.108. The van der Waals surface area contributed by atoms with Gasteiger partial charge in [0.05, 0.1) is 5.69 Å². The number of hydrogen-bond donors (Lipinski definition) is 0. The summed E-state index contributed by atoms with van der Waals surface area (Å²) in [6.45, 7) is 22.2. The van der Waals surface area contributed by atoms with Gasteiger partial charge in [0.25, 0.3) is 0 Å². The van der Waals surface area contributed by atoms with Crippen molar-refractivity contribution in [3.63, 3.8) is 0 Å². The molecule has 0 aliphatic carbocycles. The summed E-state index contributed by atoms with van der Waals surface area (Å²) in [5.74, 6) is 2.97. The number of pyridine rings is 1. The molecule has 0 saturated heterocycles. The predicted octanol–water partition coefficient (Wildman–Crippen LogP) is 12.4. The minimum Gasteiger partial charge on any atom is -0.509 e. The summed E-state index contributed by atoms with van der Waals surface area (Å²) in [5, 5.41) is 7.47. The Morgan fingerprint density at radius 2 is 1.51 bits per heavy atom. The molecule has 53 heavy (non-hydrogen) atoms. The molecule has 4 aromatic carbocycles. The maximum Gasteiger partial charge on any atom is 2.00 e. The van der Waals surface area contributed by atoms with Crippen LogP contribution in [0, 0.1) is 38.8 Å². The summed E-state index contributed by atoms with van der Waals surface area (Å²) in [6.07, 6.45) is 3.88. The third kappa shape index (κ3) is 7.50. The molecule has 0 atom stereocenters. The number of nitrogens with zero attached hydrogens (tertiary/aromatic N) is 4. The van der Waals surface area contributed by atoms with Gasteiger partial charge in [0.1, 0.15) is 5.82 Å². The van der Waals surface area contributed by atoms with Gasteiger partial charge in [-0.05, 0) is 102 Å². The molecule has 0 aliphatic heterocycles. The first-order chi connectivity index (χ1) is 24.8. The summed E-state index contributed by atoms with van der Waals surface area (Å²) in [4.78, 5) is 4.85. The zero-order valence-corrected chi connectivity index (χ0v) is 34.2. The van der Waals surface area contributed by atoms with Crippen molar-refractivity contribution in [1.29, 1.82) is 0 Å². The van der Waals surface area contributed by atoms with Crippen LogP contribution in [0.2, 0.25) is 0 Å². The van der Waals surface area contributed by atoms with Crippen LogP contribution in [-0.2, 0) is 32.3 Å². The zero-order valence-electron chi connectivity index (χ0n) is 32.7. The molecule has 0 amide bonds. The molecule has 0 N–H and O–H groups in total. The fourth-order valence-electron chi connectivity index (χ4n) is 7.31. The standard InChI is InChI=1S/C47H50N4O.Pd/c1-29(2)18-21-42-46(45-31(5)14-13-15-32(45)6)33(7)49-51(42)36-24-34(30(3)4)25-38(27-36)52-37-19-20-40-39-16-11-12-17-41(39)50(43(40)28-37)44-26-35(22-23-48-44)47(8,9)10;/h11-17,19-20,22-26,29-30H,18,21H2,1-10H3;/q-2;+2. The van der Waals surface area contributed by atoms with Crippen LogP contribution in [0.15, 0.2) is 85.1 Å². The van der Waals surface area contributed by atoms with E-state index in [1.54, 1.807) is 0 Å². The fourth-order valence-corrected chi connectivity index (χ4v) is 7.31. The molecule has 0 radical (unpaired) electrons. The molecule has 0 unspecified atom stereocenters. The molecule has 0 bridgehead atoms. The Hall–Kier alpha value is -4.50. The molecule has 7 rings (SSSR count). The molecule has 6 heteroatoms. The molecule has 3 aromatic heterocycles. The Labute approximate surface area is 329 Å². The van der Waals surface area contributed by atoms with Crippen LogP contribution in [0.5, 0.6) is 11.5 Å². The van der Waals surface area contributed by atoms with E-state index >= 15 is 0 Å². The Morgan fingerprint density at radius 3 is 2.21 bits per heavy atom. The first-order valence-corrected chi connectivity index (χ1v) is 18.6. The van der Waals surface area contributed by atoms with Gasteiger partial charge in [-0.1, -0.05) is 90.4 Å². The van der Waals surface area contributed by atoms with E-state index in [0.29, 0.717) is 17.4 Å². The second-order valence-corrected chi connectivity index (χ2v) is 16.0. The second kappa shape index (κ2) is 15.1. The first kappa shape index (κ1) is 38.2. The SMILES string of the molecule is Cc1cccc(C)c1-c1c(C)nn(-c2[c-]c(Oc3[c-]c4c(cc3)c3ccccc3n4-c3cc(C(C)(C)C)ccn3)cc(C(C)C)c2)c1CCC(C)C.[Pd+2]. The van der Waals surface area contributed by atoms with Crippen molar-refractivity contribution in [2.75, 3.05) is 0 Å². The summed E-state index contributed by atoms with van der Waals surface area (Å²) >= 11 is 0.